The average Bonchev–Trinajstić information content (AvgIpc) is 3.29. The molecular weight excluding hydrogens is 430 g/mol. The molecule has 162 valence electrons. The first-order chi connectivity index (χ1) is 14.2. The molecule has 1 fully saturated rings. The second-order valence-corrected chi connectivity index (χ2v) is 11.8. The van der Waals surface area contributed by atoms with E-state index in [1.807, 2.05) is 6.07 Å². The minimum Gasteiger partial charge on any atom is -0.495 e. The molecule has 0 bridgehead atoms. The molecule has 2 unspecified atom stereocenters. The molecule has 8 nitrogen and oxygen atoms in total. The molecule has 2 atom stereocenters. The summed E-state index contributed by atoms with van der Waals surface area (Å²) in [6.07, 6.45) is 0. The Labute approximate surface area is 176 Å². The van der Waals surface area contributed by atoms with Gasteiger partial charge in [0.05, 0.1) is 23.9 Å². The van der Waals surface area contributed by atoms with Crippen LogP contribution in [0.1, 0.15) is 11.1 Å². The summed E-state index contributed by atoms with van der Waals surface area (Å²) in [7, 11) is -6.06. The van der Waals surface area contributed by atoms with Crippen molar-refractivity contribution >= 4 is 19.7 Å². The highest BCUT2D eigenvalue weighted by Gasteiger charge is 2.46. The number of sulfone groups is 2. The summed E-state index contributed by atoms with van der Waals surface area (Å²) in [6.45, 7) is 2.23. The number of rotatable bonds is 6. The summed E-state index contributed by atoms with van der Waals surface area (Å²) in [4.78, 5) is 0.0157. The SMILES string of the molecule is COc1ccc(C)cc1S(=O)(=O)C1CS(=O)(=O)CC1NCc1ccc2c(c1)OCO2. The third-order valence-electron chi connectivity index (χ3n) is 5.33. The fourth-order valence-electron chi connectivity index (χ4n) is 3.78. The van der Waals surface area contributed by atoms with Crippen LogP contribution in [0.4, 0.5) is 0 Å². The largest absolute Gasteiger partial charge is 0.495 e. The average molecular weight is 454 g/mol. The first-order valence-corrected chi connectivity index (χ1v) is 12.8. The minimum absolute atomic E-state index is 0.0157. The Morgan fingerprint density at radius 2 is 1.87 bits per heavy atom. The van der Waals surface area contributed by atoms with Crippen LogP contribution in [-0.4, -0.2) is 53.5 Å². The van der Waals surface area contributed by atoms with Crippen LogP contribution in [-0.2, 0) is 26.2 Å². The van der Waals surface area contributed by atoms with Gasteiger partial charge in [0.25, 0.3) is 0 Å². The van der Waals surface area contributed by atoms with Crippen molar-refractivity contribution in [3.63, 3.8) is 0 Å². The van der Waals surface area contributed by atoms with E-state index >= 15 is 0 Å². The molecule has 2 aliphatic heterocycles. The maximum absolute atomic E-state index is 13.4. The van der Waals surface area contributed by atoms with Crippen LogP contribution in [0.15, 0.2) is 41.3 Å². The maximum atomic E-state index is 13.4. The van der Waals surface area contributed by atoms with Crippen molar-refractivity contribution < 1.29 is 31.0 Å². The van der Waals surface area contributed by atoms with Crippen LogP contribution in [0.25, 0.3) is 0 Å². The molecule has 0 aliphatic carbocycles. The molecule has 2 heterocycles. The van der Waals surface area contributed by atoms with Gasteiger partial charge in [0.2, 0.25) is 6.79 Å². The Morgan fingerprint density at radius 3 is 2.63 bits per heavy atom. The Balaban J connectivity index is 1.60. The standard InChI is InChI=1S/C20H23NO7S2/c1-13-3-5-17(26-2)19(7-13)30(24,25)20-11-29(22,23)10-15(20)21-9-14-4-6-16-18(8-14)28-12-27-16/h3-8,15,20-21H,9-12H2,1-2H3. The normalized spacial score (nSPS) is 22.2. The van der Waals surface area contributed by atoms with Gasteiger partial charge in [-0.25, -0.2) is 16.8 Å². The van der Waals surface area contributed by atoms with Gasteiger partial charge < -0.3 is 19.5 Å². The van der Waals surface area contributed by atoms with E-state index in [-0.39, 0.29) is 23.2 Å². The fraction of sp³-hybridized carbons (Fsp3) is 0.400. The van der Waals surface area contributed by atoms with Gasteiger partial charge >= 0.3 is 0 Å². The van der Waals surface area contributed by atoms with Crippen LogP contribution in [0, 0.1) is 6.92 Å². The van der Waals surface area contributed by atoms with Crippen LogP contribution in [0.5, 0.6) is 17.2 Å². The van der Waals surface area contributed by atoms with E-state index in [0.29, 0.717) is 18.0 Å². The molecule has 1 saturated heterocycles. The molecule has 2 aromatic rings. The van der Waals surface area contributed by atoms with Gasteiger partial charge in [0.15, 0.2) is 31.2 Å². The van der Waals surface area contributed by atoms with Crippen LogP contribution in [0.2, 0.25) is 0 Å². The first-order valence-electron chi connectivity index (χ1n) is 9.40. The zero-order chi connectivity index (χ0) is 21.5. The highest BCUT2D eigenvalue weighted by molar-refractivity contribution is 7.96. The highest BCUT2D eigenvalue weighted by Crippen LogP contribution is 2.34. The first kappa shape index (κ1) is 21.0. The predicted octanol–water partition coefficient (Wildman–Crippen LogP) is 1.46. The van der Waals surface area contributed by atoms with E-state index in [4.69, 9.17) is 14.2 Å². The Kier molecular flexibility index (Phi) is 5.41. The number of hydrogen-bond acceptors (Lipinski definition) is 8. The van der Waals surface area contributed by atoms with Crippen molar-refractivity contribution in [2.75, 3.05) is 25.4 Å². The predicted molar refractivity (Wildman–Crippen MR) is 111 cm³/mol. The Morgan fingerprint density at radius 1 is 1.10 bits per heavy atom. The van der Waals surface area contributed by atoms with Gasteiger partial charge in [-0.15, -0.1) is 0 Å². The van der Waals surface area contributed by atoms with Crippen LogP contribution in [0.3, 0.4) is 0 Å². The van der Waals surface area contributed by atoms with Gasteiger partial charge in [0, 0.05) is 12.6 Å². The van der Waals surface area contributed by atoms with E-state index in [0.717, 1.165) is 11.1 Å². The van der Waals surface area contributed by atoms with E-state index < -0.39 is 36.7 Å². The third-order valence-corrected chi connectivity index (χ3v) is 9.50. The number of hydrogen-bond donors (Lipinski definition) is 1. The smallest absolute Gasteiger partial charge is 0.231 e. The second kappa shape index (κ2) is 7.75. The van der Waals surface area contributed by atoms with E-state index in [1.54, 1.807) is 31.2 Å². The van der Waals surface area contributed by atoms with Crippen LogP contribution < -0.4 is 19.5 Å². The molecule has 1 N–H and O–H groups in total. The monoisotopic (exact) mass is 453 g/mol. The van der Waals surface area contributed by atoms with Crippen molar-refractivity contribution in [2.24, 2.45) is 0 Å². The lowest BCUT2D eigenvalue weighted by Crippen LogP contribution is -2.43. The molecule has 10 heteroatoms. The summed E-state index contributed by atoms with van der Waals surface area (Å²) in [5.41, 5.74) is 1.59. The van der Waals surface area contributed by atoms with Gasteiger partial charge in [-0.1, -0.05) is 12.1 Å². The van der Waals surface area contributed by atoms with Crippen molar-refractivity contribution in [1.82, 2.24) is 5.32 Å². The molecule has 0 amide bonds. The lowest BCUT2D eigenvalue weighted by atomic mass is 10.2. The number of fused-ring (bicyclic) bond motifs is 1. The Bertz CT molecular complexity index is 1180. The molecule has 2 aromatic carbocycles. The molecule has 4 rings (SSSR count). The fourth-order valence-corrected chi connectivity index (χ4v) is 8.74. The molecule has 0 radical (unpaired) electrons. The Hall–Kier alpha value is -2.30. The second-order valence-electron chi connectivity index (χ2n) is 7.49. The number of benzene rings is 2. The lowest BCUT2D eigenvalue weighted by molar-refractivity contribution is 0.174. The number of nitrogens with one attached hydrogen (secondary N) is 1. The third kappa shape index (κ3) is 3.99. The van der Waals surface area contributed by atoms with Crippen LogP contribution >= 0.6 is 0 Å². The zero-order valence-electron chi connectivity index (χ0n) is 16.6. The van der Waals surface area contributed by atoms with E-state index in [9.17, 15) is 16.8 Å². The molecule has 0 aromatic heterocycles. The van der Waals surface area contributed by atoms with E-state index in [1.165, 1.54) is 13.2 Å². The number of aryl methyl sites for hydroxylation is 1. The molecular formula is C20H23NO7S2. The van der Waals surface area contributed by atoms with Crippen molar-refractivity contribution in [3.05, 3.63) is 47.5 Å². The summed E-state index contributed by atoms with van der Waals surface area (Å²) < 4.78 is 67.4. The molecule has 2 aliphatic rings. The van der Waals surface area contributed by atoms with Crippen molar-refractivity contribution in [1.29, 1.82) is 0 Å². The number of ether oxygens (including phenoxy) is 3. The zero-order valence-corrected chi connectivity index (χ0v) is 18.3. The molecule has 30 heavy (non-hydrogen) atoms. The van der Waals surface area contributed by atoms with Crippen molar-refractivity contribution in [3.8, 4) is 17.2 Å². The number of methoxy groups -OCH3 is 1. The van der Waals surface area contributed by atoms with Crippen molar-refractivity contribution in [2.45, 2.75) is 29.7 Å². The summed E-state index contributed by atoms with van der Waals surface area (Å²) in [5, 5.41) is 2.02. The van der Waals surface area contributed by atoms with Gasteiger partial charge in [-0.05, 0) is 42.3 Å². The van der Waals surface area contributed by atoms with Gasteiger partial charge in [-0.3, -0.25) is 0 Å². The minimum atomic E-state index is -3.95. The van der Waals surface area contributed by atoms with Gasteiger partial charge in [-0.2, -0.15) is 0 Å². The quantitative estimate of drug-likeness (QED) is 0.701. The maximum Gasteiger partial charge on any atom is 0.231 e. The summed E-state index contributed by atoms with van der Waals surface area (Å²) >= 11 is 0. The summed E-state index contributed by atoms with van der Waals surface area (Å²) in [5.74, 6) is 0.802. The highest BCUT2D eigenvalue weighted by atomic mass is 32.2. The summed E-state index contributed by atoms with van der Waals surface area (Å²) in [6, 6.07) is 9.52. The molecule has 0 spiro atoms. The molecule has 0 saturated carbocycles. The van der Waals surface area contributed by atoms with Gasteiger partial charge in [0.1, 0.15) is 10.6 Å². The topological polar surface area (TPSA) is 108 Å². The van der Waals surface area contributed by atoms with E-state index in [2.05, 4.69) is 5.32 Å². The lowest BCUT2D eigenvalue weighted by Gasteiger charge is -2.21.